The van der Waals surface area contributed by atoms with Crippen molar-refractivity contribution in [1.82, 2.24) is 14.9 Å². The number of phenols is 1. The average Bonchev–Trinajstić information content (AvgIpc) is 3.45. The summed E-state index contributed by atoms with van der Waals surface area (Å²) >= 11 is 5.95. The molecule has 4 aromatic rings. The Balaban J connectivity index is 1.43. The lowest BCUT2D eigenvalue weighted by atomic mass is 9.96. The number of rotatable bonds is 5. The smallest absolute Gasteiger partial charge is 0.174 e. The second kappa shape index (κ2) is 10.1. The Hall–Kier alpha value is -3.88. The predicted molar refractivity (Wildman–Crippen MR) is 154 cm³/mol. The number of anilines is 2. The number of benzene rings is 2. The van der Waals surface area contributed by atoms with E-state index in [9.17, 15) is 5.11 Å². The molecule has 194 valence electrons. The van der Waals surface area contributed by atoms with E-state index in [1.165, 1.54) is 11.3 Å². The van der Waals surface area contributed by atoms with E-state index in [1.807, 2.05) is 30.5 Å². The summed E-state index contributed by atoms with van der Waals surface area (Å²) in [5.74, 6) is 0.253. The molecule has 2 aromatic heterocycles. The molecule has 6 rings (SSSR count). The summed E-state index contributed by atoms with van der Waals surface area (Å²) in [5, 5.41) is 14.1. The summed E-state index contributed by atoms with van der Waals surface area (Å²) in [6.45, 7) is 7.57. The van der Waals surface area contributed by atoms with Crippen LogP contribution < -0.4 is 15.1 Å². The maximum absolute atomic E-state index is 9.82. The minimum absolute atomic E-state index is 0.0938. The van der Waals surface area contributed by atoms with Crippen molar-refractivity contribution in [2.75, 3.05) is 36.1 Å². The van der Waals surface area contributed by atoms with Gasteiger partial charge in [0, 0.05) is 47.7 Å². The molecule has 4 heterocycles. The molecule has 0 unspecified atom stereocenters. The van der Waals surface area contributed by atoms with Crippen molar-refractivity contribution in [1.29, 1.82) is 0 Å². The van der Waals surface area contributed by atoms with Gasteiger partial charge in [-0.25, -0.2) is 0 Å². The number of aromatic nitrogens is 2. The highest BCUT2D eigenvalue weighted by Crippen LogP contribution is 2.44. The summed E-state index contributed by atoms with van der Waals surface area (Å²) < 4.78 is 7.75. The maximum atomic E-state index is 9.82. The number of aromatic hydroxyl groups is 1. The summed E-state index contributed by atoms with van der Waals surface area (Å²) in [7, 11) is 0. The summed E-state index contributed by atoms with van der Waals surface area (Å²) in [5.41, 5.74) is 7.60. The molecule has 2 fully saturated rings. The number of hydrogen-bond acceptors (Lipinski definition) is 5. The number of nitrogens with one attached hydrogen (secondary N) is 1. The fourth-order valence-electron chi connectivity index (χ4n) is 5.68. The highest BCUT2D eigenvalue weighted by Gasteiger charge is 2.42. The van der Waals surface area contributed by atoms with E-state index in [4.69, 9.17) is 21.9 Å². The first-order chi connectivity index (χ1) is 18.5. The first kappa shape index (κ1) is 24.5. The van der Waals surface area contributed by atoms with Crippen LogP contribution in [-0.4, -0.2) is 46.1 Å². The number of pyridine rings is 1. The molecule has 8 heteroatoms. The van der Waals surface area contributed by atoms with Gasteiger partial charge in [0.25, 0.3) is 0 Å². The van der Waals surface area contributed by atoms with E-state index < -0.39 is 0 Å². The molecule has 2 N–H and O–H groups in total. The Bertz CT molecular complexity index is 1430. The highest BCUT2D eigenvalue weighted by atomic mass is 32.1. The molecule has 0 amide bonds. The lowest BCUT2D eigenvalue weighted by Gasteiger charge is -2.31. The van der Waals surface area contributed by atoms with Gasteiger partial charge in [0.15, 0.2) is 5.11 Å². The highest BCUT2D eigenvalue weighted by molar-refractivity contribution is 7.80. The van der Waals surface area contributed by atoms with Crippen molar-refractivity contribution in [3.8, 4) is 11.4 Å². The van der Waals surface area contributed by atoms with Crippen molar-refractivity contribution < 1.29 is 9.84 Å². The second-order valence-corrected chi connectivity index (χ2v) is 10.2. The number of nitrogens with zero attached hydrogens (tertiary/aromatic N) is 4. The topological polar surface area (TPSA) is 65.8 Å². The van der Waals surface area contributed by atoms with Crippen molar-refractivity contribution >= 4 is 28.7 Å². The van der Waals surface area contributed by atoms with E-state index in [2.05, 4.69) is 69.9 Å². The zero-order valence-corrected chi connectivity index (χ0v) is 22.4. The number of morpholine rings is 1. The number of thiocarbonyl (C=S) groups is 1. The fourth-order valence-corrected chi connectivity index (χ4v) is 6.03. The molecule has 7 nitrogen and oxygen atoms in total. The zero-order valence-electron chi connectivity index (χ0n) is 21.5. The van der Waals surface area contributed by atoms with Gasteiger partial charge in [0.05, 0.1) is 31.0 Å². The van der Waals surface area contributed by atoms with Crippen LogP contribution in [0.25, 0.3) is 5.69 Å². The minimum atomic E-state index is -0.114. The number of phenolic OH excluding ortho intramolecular Hbond substituents is 1. The Kier molecular flexibility index (Phi) is 6.51. The lowest BCUT2D eigenvalue weighted by Crippen LogP contribution is -2.36. The molecule has 0 aliphatic carbocycles. The zero-order chi connectivity index (χ0) is 26.2. The lowest BCUT2D eigenvalue weighted by molar-refractivity contribution is 0.122. The molecule has 2 saturated heterocycles. The monoisotopic (exact) mass is 525 g/mol. The van der Waals surface area contributed by atoms with Crippen molar-refractivity contribution in [3.63, 3.8) is 0 Å². The van der Waals surface area contributed by atoms with Gasteiger partial charge in [-0.15, -0.1) is 0 Å². The van der Waals surface area contributed by atoms with Crippen LogP contribution in [0, 0.1) is 13.8 Å². The van der Waals surface area contributed by atoms with Crippen molar-refractivity contribution in [3.05, 3.63) is 102 Å². The molecule has 0 spiro atoms. The van der Waals surface area contributed by atoms with Crippen LogP contribution >= 0.6 is 12.2 Å². The quantitative estimate of drug-likeness (QED) is 0.347. The standard InChI is InChI=1S/C30H31N5O2S/c1-20-19-26(21(2)34(20)23-10-12-25(36)13-11-23)29-28(27-5-3-4-14-31-27)32-30(38)35(29)24-8-6-22(7-9-24)33-15-17-37-18-16-33/h3-14,19,28-29,36H,15-18H2,1-2H3,(H,32,38)/t28-,29+/m1/s1. The van der Waals surface area contributed by atoms with Crippen LogP contribution in [0.15, 0.2) is 79.0 Å². The molecule has 0 bridgehead atoms. The molecule has 38 heavy (non-hydrogen) atoms. The van der Waals surface area contributed by atoms with Crippen molar-refractivity contribution in [2.24, 2.45) is 0 Å². The Morgan fingerprint density at radius 2 is 1.61 bits per heavy atom. The number of ether oxygens (including phenoxy) is 1. The molecule has 2 aliphatic heterocycles. The second-order valence-electron chi connectivity index (χ2n) is 9.79. The minimum Gasteiger partial charge on any atom is -0.508 e. The third-order valence-corrected chi connectivity index (χ3v) is 7.81. The Morgan fingerprint density at radius 3 is 2.29 bits per heavy atom. The Labute approximate surface area is 228 Å². The van der Waals surface area contributed by atoms with Gasteiger partial charge in [0.1, 0.15) is 5.75 Å². The van der Waals surface area contributed by atoms with E-state index in [1.54, 1.807) is 12.1 Å². The molecular weight excluding hydrogens is 494 g/mol. The Morgan fingerprint density at radius 1 is 0.921 bits per heavy atom. The van der Waals surface area contributed by atoms with Crippen molar-refractivity contribution in [2.45, 2.75) is 25.9 Å². The van der Waals surface area contributed by atoms with Gasteiger partial charge >= 0.3 is 0 Å². The molecule has 2 aromatic carbocycles. The summed E-state index contributed by atoms with van der Waals surface area (Å²) in [6.07, 6.45) is 1.83. The average molecular weight is 526 g/mol. The third-order valence-electron chi connectivity index (χ3n) is 7.50. The third kappa shape index (κ3) is 4.40. The van der Waals surface area contributed by atoms with Crippen LogP contribution in [0.5, 0.6) is 5.75 Å². The molecular formula is C30H31N5O2S. The van der Waals surface area contributed by atoms with Gasteiger partial charge in [-0.2, -0.15) is 0 Å². The fraction of sp³-hybridized carbons (Fsp3) is 0.267. The largest absolute Gasteiger partial charge is 0.508 e. The van der Waals surface area contributed by atoms with Gasteiger partial charge in [0.2, 0.25) is 0 Å². The van der Waals surface area contributed by atoms with Crippen LogP contribution in [0.4, 0.5) is 11.4 Å². The van der Waals surface area contributed by atoms with Crippen LogP contribution in [0.1, 0.15) is 34.7 Å². The van der Waals surface area contributed by atoms with Crippen LogP contribution in [0.2, 0.25) is 0 Å². The molecule has 0 saturated carbocycles. The van der Waals surface area contributed by atoms with Gasteiger partial charge < -0.3 is 29.5 Å². The molecule has 2 atom stereocenters. The van der Waals surface area contributed by atoms with E-state index >= 15 is 0 Å². The molecule has 2 aliphatic rings. The summed E-state index contributed by atoms with van der Waals surface area (Å²) in [6, 6.07) is 24.0. The summed E-state index contributed by atoms with van der Waals surface area (Å²) in [4.78, 5) is 9.28. The predicted octanol–water partition coefficient (Wildman–Crippen LogP) is 5.21. The van der Waals surface area contributed by atoms with Gasteiger partial charge in [-0.3, -0.25) is 4.98 Å². The first-order valence-electron chi connectivity index (χ1n) is 12.9. The van der Waals surface area contributed by atoms with Crippen LogP contribution in [-0.2, 0) is 4.74 Å². The van der Waals surface area contributed by atoms with Crippen LogP contribution in [0.3, 0.4) is 0 Å². The van der Waals surface area contributed by atoms with E-state index in [0.29, 0.717) is 5.11 Å². The SMILES string of the molecule is Cc1cc([C@H]2[C@@H](c3ccccn3)NC(=S)N2c2ccc(N3CCOCC3)cc2)c(C)n1-c1ccc(O)cc1. The van der Waals surface area contributed by atoms with E-state index in [-0.39, 0.29) is 17.8 Å². The van der Waals surface area contributed by atoms with Gasteiger partial charge in [-0.05, 0) is 98.4 Å². The van der Waals surface area contributed by atoms with Gasteiger partial charge in [-0.1, -0.05) is 6.07 Å². The number of aryl methyl sites for hydroxylation is 1. The van der Waals surface area contributed by atoms with E-state index in [0.717, 1.165) is 54.8 Å². The normalized spacial score (nSPS) is 19.6. The number of hydrogen-bond donors (Lipinski definition) is 2. The first-order valence-corrected chi connectivity index (χ1v) is 13.3. The molecule has 0 radical (unpaired) electrons. The maximum Gasteiger partial charge on any atom is 0.174 e.